The van der Waals surface area contributed by atoms with Crippen molar-refractivity contribution in [2.24, 2.45) is 0 Å². The zero-order chi connectivity index (χ0) is 24.9. The van der Waals surface area contributed by atoms with Gasteiger partial charge < -0.3 is 15.8 Å². The minimum absolute atomic E-state index is 0.00911. The number of alkyl halides is 4. The van der Waals surface area contributed by atoms with Gasteiger partial charge in [-0.05, 0) is 6.07 Å². The summed E-state index contributed by atoms with van der Waals surface area (Å²) in [5.41, 5.74) is -2.19. The van der Waals surface area contributed by atoms with Gasteiger partial charge in [0.25, 0.3) is 17.2 Å². The molecule has 0 spiro atoms. The van der Waals surface area contributed by atoms with Crippen LogP contribution in [0.15, 0.2) is 65.7 Å². The van der Waals surface area contributed by atoms with Gasteiger partial charge in [0.05, 0.1) is 19.3 Å². The van der Waals surface area contributed by atoms with E-state index in [4.69, 9.17) is 11.6 Å². The van der Waals surface area contributed by atoms with Gasteiger partial charge in [-0.25, -0.2) is 4.98 Å². The van der Waals surface area contributed by atoms with Crippen molar-refractivity contribution in [2.75, 3.05) is 18.4 Å². The van der Waals surface area contributed by atoms with Crippen LogP contribution in [0.3, 0.4) is 0 Å². The van der Waals surface area contributed by atoms with E-state index in [0.717, 1.165) is 18.5 Å². The van der Waals surface area contributed by atoms with E-state index in [2.05, 4.69) is 10.3 Å². The molecule has 0 aliphatic rings. The lowest BCUT2D eigenvalue weighted by Crippen LogP contribution is -2.42. The summed E-state index contributed by atoms with van der Waals surface area (Å²) in [5, 5.41) is 15.4. The van der Waals surface area contributed by atoms with Crippen LogP contribution in [0.2, 0.25) is 5.15 Å². The van der Waals surface area contributed by atoms with Crippen LogP contribution >= 0.6 is 11.6 Å². The van der Waals surface area contributed by atoms with Gasteiger partial charge in [-0.1, -0.05) is 41.9 Å². The highest BCUT2D eigenvalue weighted by atomic mass is 35.5. The molecule has 1 amide bonds. The molecule has 3 rings (SSSR count). The van der Waals surface area contributed by atoms with Crippen LogP contribution in [-0.2, 0) is 23.2 Å². The number of hydrogen-bond acceptors (Lipinski definition) is 5. The Kier molecular flexibility index (Phi) is 7.40. The molecule has 2 heterocycles. The lowest BCUT2D eigenvalue weighted by atomic mass is 10.1. The summed E-state index contributed by atoms with van der Waals surface area (Å²) < 4.78 is 57.9. The molecule has 0 saturated carbocycles. The highest BCUT2D eigenvalue weighted by Crippen LogP contribution is 2.27. The van der Waals surface area contributed by atoms with Crippen molar-refractivity contribution in [3.8, 4) is 0 Å². The third-order valence-electron chi connectivity index (χ3n) is 4.69. The lowest BCUT2D eigenvalue weighted by Gasteiger charge is -2.18. The van der Waals surface area contributed by atoms with Gasteiger partial charge in [-0.2, -0.15) is 22.3 Å². The normalized spacial score (nSPS) is 11.8. The first-order chi connectivity index (χ1) is 16.0. The minimum Gasteiger partial charge on any atom is -0.618 e. The maximum Gasteiger partial charge on any atom is 0.347 e. The summed E-state index contributed by atoms with van der Waals surface area (Å²) >= 11 is 5.89. The van der Waals surface area contributed by atoms with E-state index < -0.39 is 54.5 Å². The van der Waals surface area contributed by atoms with Crippen LogP contribution in [0.25, 0.3) is 0 Å². The Bertz CT molecular complexity index is 1220. The Morgan fingerprint density at radius 2 is 1.74 bits per heavy atom. The Labute approximate surface area is 195 Å². The number of pyridine rings is 1. The summed E-state index contributed by atoms with van der Waals surface area (Å²) in [6.07, 6.45) is 1.84. The Hall–Kier alpha value is -3.67. The van der Waals surface area contributed by atoms with Crippen LogP contribution in [0, 0.1) is 5.21 Å². The molecule has 2 N–H and O–H groups in total. The summed E-state index contributed by atoms with van der Waals surface area (Å²) in [6, 6.07) is 10.3. The number of halogens is 5. The molecule has 0 atom stereocenters. The molecule has 180 valence electrons. The van der Waals surface area contributed by atoms with Crippen molar-refractivity contribution >= 4 is 23.3 Å². The van der Waals surface area contributed by atoms with Crippen LogP contribution in [0.5, 0.6) is 0 Å². The molecule has 0 saturated heterocycles. The van der Waals surface area contributed by atoms with Gasteiger partial charge in [0.1, 0.15) is 11.7 Å². The molecule has 2 aromatic heterocycles. The smallest absolute Gasteiger partial charge is 0.347 e. The molecule has 0 aliphatic heterocycles. The fourth-order valence-corrected chi connectivity index (χ4v) is 3.11. The number of nitrogens with zero attached hydrogens (tertiary/aromatic N) is 3. The number of anilines is 1. The Morgan fingerprint density at radius 3 is 2.41 bits per heavy atom. The lowest BCUT2D eigenvalue weighted by molar-refractivity contribution is -0.624. The Balaban J connectivity index is 1.69. The van der Waals surface area contributed by atoms with Crippen LogP contribution in [-0.4, -0.2) is 28.5 Å². The second-order valence-electron chi connectivity index (χ2n) is 7.14. The molecule has 0 bridgehead atoms. The van der Waals surface area contributed by atoms with Gasteiger partial charge in [0.15, 0.2) is 12.0 Å². The molecular weight excluding hydrogens is 482 g/mol. The number of aromatic nitrogens is 3. The zero-order valence-corrected chi connectivity index (χ0v) is 18.1. The van der Waals surface area contributed by atoms with E-state index in [9.17, 15) is 32.4 Å². The van der Waals surface area contributed by atoms with Crippen LogP contribution in [0.4, 0.5) is 23.4 Å². The molecular formula is C21H18ClF4N5O3. The van der Waals surface area contributed by atoms with Crippen molar-refractivity contribution in [1.82, 2.24) is 14.9 Å². The number of carbonyl (C=O) groups excluding carboxylic acids is 1. The maximum atomic E-state index is 14.4. The standard InChI is InChI=1S/C21H18ClF4N5O3/c22-16-10-27-18(29-13-21(25,26)15-8-4-5-9-31(15)34)19(33)30(16)11-17(32)28-12-20(23,24)14-6-2-1-3-7-14/h1-10H,11-13H2,(H,27,29)(H,28,32). The SMILES string of the molecule is O=C(Cn1c(Cl)cnc(NCC(F)(F)c2cccc[n+]2[O-])c1=O)NCC(F)(F)c1ccccc1. The molecule has 13 heteroatoms. The van der Waals surface area contributed by atoms with Crippen molar-refractivity contribution in [1.29, 1.82) is 0 Å². The number of carbonyl (C=O) groups is 1. The minimum atomic E-state index is -3.66. The third kappa shape index (κ3) is 5.81. The summed E-state index contributed by atoms with van der Waals surface area (Å²) in [4.78, 5) is 28.4. The van der Waals surface area contributed by atoms with Gasteiger partial charge in [-0.3, -0.25) is 14.2 Å². The highest BCUT2D eigenvalue weighted by Gasteiger charge is 2.39. The van der Waals surface area contributed by atoms with Crippen LogP contribution < -0.4 is 20.9 Å². The van der Waals surface area contributed by atoms with Gasteiger partial charge in [-0.15, -0.1) is 0 Å². The predicted molar refractivity (Wildman–Crippen MR) is 115 cm³/mol. The van der Waals surface area contributed by atoms with E-state index in [1.807, 2.05) is 5.32 Å². The van der Waals surface area contributed by atoms with Gasteiger partial charge in [0, 0.05) is 17.7 Å². The van der Waals surface area contributed by atoms with Gasteiger partial charge in [0.2, 0.25) is 5.91 Å². The molecule has 8 nitrogen and oxygen atoms in total. The number of nitrogens with one attached hydrogen (secondary N) is 2. The summed E-state index contributed by atoms with van der Waals surface area (Å²) in [6.45, 7) is -2.94. The highest BCUT2D eigenvalue weighted by molar-refractivity contribution is 6.29. The molecule has 0 unspecified atom stereocenters. The van der Waals surface area contributed by atoms with Crippen LogP contribution in [0.1, 0.15) is 11.3 Å². The van der Waals surface area contributed by atoms with Crippen molar-refractivity contribution < 1.29 is 27.1 Å². The second kappa shape index (κ2) is 10.1. The molecule has 1 aromatic carbocycles. The fourth-order valence-electron chi connectivity index (χ4n) is 2.93. The quantitative estimate of drug-likeness (QED) is 0.268. The van der Waals surface area contributed by atoms with Gasteiger partial charge >= 0.3 is 5.92 Å². The first kappa shape index (κ1) is 25.0. The van der Waals surface area contributed by atoms with E-state index in [1.165, 1.54) is 36.4 Å². The number of benzene rings is 1. The molecule has 0 radical (unpaired) electrons. The van der Waals surface area contributed by atoms with E-state index in [1.54, 1.807) is 6.07 Å². The number of hydrogen-bond donors (Lipinski definition) is 2. The molecule has 3 aromatic rings. The Morgan fingerprint density at radius 1 is 1.06 bits per heavy atom. The first-order valence-electron chi connectivity index (χ1n) is 9.77. The first-order valence-corrected chi connectivity index (χ1v) is 10.1. The predicted octanol–water partition coefficient (Wildman–Crippen LogP) is 2.64. The largest absolute Gasteiger partial charge is 0.618 e. The van der Waals surface area contributed by atoms with E-state index >= 15 is 0 Å². The fraction of sp³-hybridized carbons (Fsp3) is 0.238. The van der Waals surface area contributed by atoms with Crippen molar-refractivity contribution in [2.45, 2.75) is 18.4 Å². The van der Waals surface area contributed by atoms with E-state index in [0.29, 0.717) is 4.57 Å². The van der Waals surface area contributed by atoms with Crippen molar-refractivity contribution in [3.05, 3.63) is 92.9 Å². The average molecular weight is 500 g/mol. The topological polar surface area (TPSA) is 103 Å². The average Bonchev–Trinajstić information content (AvgIpc) is 2.81. The monoisotopic (exact) mass is 499 g/mol. The maximum absolute atomic E-state index is 14.4. The zero-order valence-electron chi connectivity index (χ0n) is 17.4. The summed E-state index contributed by atoms with van der Waals surface area (Å²) in [5.74, 6) is -8.56. The second-order valence-corrected chi connectivity index (χ2v) is 7.52. The van der Waals surface area contributed by atoms with E-state index in [-0.39, 0.29) is 15.4 Å². The van der Waals surface area contributed by atoms with Crippen molar-refractivity contribution in [3.63, 3.8) is 0 Å². The molecule has 34 heavy (non-hydrogen) atoms. The molecule has 0 aliphatic carbocycles. The number of rotatable bonds is 9. The third-order valence-corrected chi connectivity index (χ3v) is 4.99. The number of amides is 1. The summed E-state index contributed by atoms with van der Waals surface area (Å²) in [7, 11) is 0. The molecule has 0 fully saturated rings.